The van der Waals surface area contributed by atoms with E-state index < -0.39 is 0 Å². The summed E-state index contributed by atoms with van der Waals surface area (Å²) in [5, 5.41) is 5.84. The minimum Gasteiger partial charge on any atom is -0.495 e. The molecule has 0 aliphatic heterocycles. The molecule has 1 fully saturated rings. The molecule has 19 heavy (non-hydrogen) atoms. The summed E-state index contributed by atoms with van der Waals surface area (Å²) in [6.07, 6.45) is 2.29. The van der Waals surface area contributed by atoms with Crippen LogP contribution in [0.2, 0.25) is 0 Å². The molecule has 1 amide bonds. The Labute approximate surface area is 112 Å². The van der Waals surface area contributed by atoms with Crippen molar-refractivity contribution in [2.45, 2.75) is 25.8 Å². The summed E-state index contributed by atoms with van der Waals surface area (Å²) in [6, 6.07) is 5.55. The molecule has 0 atom stereocenters. The lowest BCUT2D eigenvalue weighted by atomic mass is 10.1. The number of hydrogen-bond donors (Lipinski definition) is 2. The number of methoxy groups -OCH3 is 1. The molecular weight excluding hydrogens is 244 g/mol. The number of carbonyl (C=O) groups excluding carboxylic acids is 2. The lowest BCUT2D eigenvalue weighted by Gasteiger charge is -2.10. The second kappa shape index (κ2) is 5.84. The van der Waals surface area contributed by atoms with E-state index in [-0.39, 0.29) is 11.7 Å². The lowest BCUT2D eigenvalue weighted by molar-refractivity contribution is -0.114. The summed E-state index contributed by atoms with van der Waals surface area (Å²) < 4.78 is 5.15. The van der Waals surface area contributed by atoms with Crippen LogP contribution in [0.25, 0.3) is 0 Å². The van der Waals surface area contributed by atoms with Gasteiger partial charge in [-0.25, -0.2) is 0 Å². The molecule has 1 aromatic carbocycles. The average molecular weight is 262 g/mol. The summed E-state index contributed by atoms with van der Waals surface area (Å²) in [5.41, 5.74) is 1.09. The van der Waals surface area contributed by atoms with Crippen LogP contribution in [0.15, 0.2) is 18.2 Å². The maximum Gasteiger partial charge on any atom is 0.221 e. The number of benzene rings is 1. The second-order valence-corrected chi connectivity index (χ2v) is 4.67. The third-order valence-corrected chi connectivity index (χ3v) is 2.96. The molecule has 0 saturated heterocycles. The number of rotatable bonds is 6. The predicted octanol–water partition coefficient (Wildman–Crippen LogP) is 1.59. The van der Waals surface area contributed by atoms with Gasteiger partial charge in [0.05, 0.1) is 19.3 Å². The summed E-state index contributed by atoms with van der Waals surface area (Å²) in [4.78, 5) is 23.1. The molecular formula is C14H18N2O3. The van der Waals surface area contributed by atoms with Crippen LogP contribution in [0, 0.1) is 0 Å². The van der Waals surface area contributed by atoms with E-state index in [0.717, 1.165) is 12.8 Å². The third-order valence-electron chi connectivity index (χ3n) is 2.96. The molecule has 1 aliphatic rings. The highest BCUT2D eigenvalue weighted by atomic mass is 16.5. The van der Waals surface area contributed by atoms with E-state index >= 15 is 0 Å². The lowest BCUT2D eigenvalue weighted by Crippen LogP contribution is -2.25. The van der Waals surface area contributed by atoms with Gasteiger partial charge >= 0.3 is 0 Å². The first-order valence-electron chi connectivity index (χ1n) is 6.32. The van der Waals surface area contributed by atoms with E-state index in [1.54, 1.807) is 18.2 Å². The first-order chi connectivity index (χ1) is 9.10. The van der Waals surface area contributed by atoms with Crippen LogP contribution in [0.1, 0.15) is 30.1 Å². The van der Waals surface area contributed by atoms with Crippen LogP contribution in [-0.2, 0) is 4.79 Å². The molecule has 5 nitrogen and oxygen atoms in total. The van der Waals surface area contributed by atoms with E-state index in [1.807, 2.05) is 0 Å². The molecule has 5 heteroatoms. The Morgan fingerprint density at radius 3 is 2.68 bits per heavy atom. The molecule has 1 aliphatic carbocycles. The van der Waals surface area contributed by atoms with Gasteiger partial charge < -0.3 is 15.4 Å². The molecule has 0 heterocycles. The van der Waals surface area contributed by atoms with Gasteiger partial charge in [0.1, 0.15) is 5.75 Å². The van der Waals surface area contributed by atoms with Crippen LogP contribution in [0.5, 0.6) is 5.75 Å². The Kier molecular flexibility index (Phi) is 4.16. The minimum absolute atomic E-state index is 0.0150. The van der Waals surface area contributed by atoms with Crippen molar-refractivity contribution in [3.8, 4) is 5.75 Å². The highest BCUT2D eigenvalue weighted by Gasteiger charge is 2.21. The van der Waals surface area contributed by atoms with E-state index in [9.17, 15) is 9.59 Å². The molecule has 0 spiro atoms. The van der Waals surface area contributed by atoms with Crippen molar-refractivity contribution in [2.24, 2.45) is 0 Å². The average Bonchev–Trinajstić information content (AvgIpc) is 3.19. The summed E-state index contributed by atoms with van der Waals surface area (Å²) in [7, 11) is 1.52. The van der Waals surface area contributed by atoms with Crippen molar-refractivity contribution in [2.75, 3.05) is 19.0 Å². The van der Waals surface area contributed by atoms with E-state index in [4.69, 9.17) is 4.74 Å². The van der Waals surface area contributed by atoms with Gasteiger partial charge in [-0.2, -0.15) is 0 Å². The van der Waals surface area contributed by atoms with E-state index in [0.29, 0.717) is 29.6 Å². The third kappa shape index (κ3) is 3.79. The Bertz CT molecular complexity index is 495. The quantitative estimate of drug-likeness (QED) is 0.764. The van der Waals surface area contributed by atoms with Crippen LogP contribution >= 0.6 is 0 Å². The number of amides is 1. The Hall–Kier alpha value is -1.88. The summed E-state index contributed by atoms with van der Waals surface area (Å²) in [5.74, 6) is 0.363. The summed E-state index contributed by atoms with van der Waals surface area (Å²) in [6.45, 7) is 1.75. The molecule has 1 aromatic rings. The number of hydrogen-bond acceptors (Lipinski definition) is 4. The van der Waals surface area contributed by atoms with Crippen LogP contribution in [0.4, 0.5) is 5.69 Å². The number of Topliss-reactive ketones (excluding diaryl/α,β-unsaturated/α-hetero) is 1. The zero-order valence-corrected chi connectivity index (χ0v) is 11.2. The zero-order chi connectivity index (χ0) is 13.8. The van der Waals surface area contributed by atoms with Crippen LogP contribution < -0.4 is 15.4 Å². The highest BCUT2D eigenvalue weighted by molar-refractivity contribution is 6.00. The fourth-order valence-electron chi connectivity index (χ4n) is 1.80. The van der Waals surface area contributed by atoms with Gasteiger partial charge in [0, 0.05) is 18.5 Å². The van der Waals surface area contributed by atoms with Gasteiger partial charge in [-0.1, -0.05) is 0 Å². The Balaban J connectivity index is 2.10. The first-order valence-corrected chi connectivity index (χ1v) is 6.32. The molecule has 102 valence electrons. The largest absolute Gasteiger partial charge is 0.495 e. The highest BCUT2D eigenvalue weighted by Crippen LogP contribution is 2.26. The number of ether oxygens (including phenoxy) is 1. The van der Waals surface area contributed by atoms with Gasteiger partial charge in [-0.05, 0) is 31.0 Å². The molecule has 1 saturated carbocycles. The van der Waals surface area contributed by atoms with Crippen molar-refractivity contribution in [3.63, 3.8) is 0 Å². The van der Waals surface area contributed by atoms with Crippen molar-refractivity contribution in [1.29, 1.82) is 0 Å². The van der Waals surface area contributed by atoms with Crippen molar-refractivity contribution < 1.29 is 14.3 Å². The first kappa shape index (κ1) is 13.5. The minimum atomic E-state index is -0.195. The SMILES string of the molecule is COc1ccc(C(=O)CNC2CC2)cc1NC(C)=O. The van der Waals surface area contributed by atoms with Crippen molar-refractivity contribution in [3.05, 3.63) is 23.8 Å². The van der Waals surface area contributed by atoms with Crippen molar-refractivity contribution in [1.82, 2.24) is 5.32 Å². The maximum absolute atomic E-state index is 12.0. The van der Waals surface area contributed by atoms with Gasteiger partial charge in [0.2, 0.25) is 5.91 Å². The second-order valence-electron chi connectivity index (χ2n) is 4.67. The molecule has 2 rings (SSSR count). The normalized spacial score (nSPS) is 14.0. The van der Waals surface area contributed by atoms with Crippen molar-refractivity contribution >= 4 is 17.4 Å². The van der Waals surface area contributed by atoms with Gasteiger partial charge in [0.25, 0.3) is 0 Å². The number of anilines is 1. The van der Waals surface area contributed by atoms with Gasteiger partial charge in [-0.15, -0.1) is 0 Å². The molecule has 0 aromatic heterocycles. The molecule has 0 radical (unpaired) electrons. The zero-order valence-electron chi connectivity index (χ0n) is 11.2. The maximum atomic E-state index is 12.0. The topological polar surface area (TPSA) is 67.4 Å². The van der Waals surface area contributed by atoms with Crippen LogP contribution in [-0.4, -0.2) is 31.4 Å². The standard InChI is InChI=1S/C14H18N2O3/c1-9(17)16-12-7-10(3-6-14(12)19-2)13(18)8-15-11-4-5-11/h3,6-7,11,15H,4-5,8H2,1-2H3,(H,16,17). The number of nitrogens with one attached hydrogen (secondary N) is 2. The van der Waals surface area contributed by atoms with Gasteiger partial charge in [-0.3, -0.25) is 9.59 Å². The summed E-state index contributed by atoms with van der Waals surface area (Å²) >= 11 is 0. The smallest absolute Gasteiger partial charge is 0.221 e. The van der Waals surface area contributed by atoms with Crippen LogP contribution in [0.3, 0.4) is 0 Å². The van der Waals surface area contributed by atoms with E-state index in [2.05, 4.69) is 10.6 Å². The number of ketones is 1. The molecule has 0 bridgehead atoms. The van der Waals surface area contributed by atoms with E-state index in [1.165, 1.54) is 14.0 Å². The Morgan fingerprint density at radius 1 is 1.37 bits per heavy atom. The fourth-order valence-corrected chi connectivity index (χ4v) is 1.80. The molecule has 2 N–H and O–H groups in total. The molecule has 0 unspecified atom stereocenters. The van der Waals surface area contributed by atoms with Gasteiger partial charge in [0.15, 0.2) is 5.78 Å². The fraction of sp³-hybridized carbons (Fsp3) is 0.429. The Morgan fingerprint density at radius 2 is 2.11 bits per heavy atom. The predicted molar refractivity (Wildman–Crippen MR) is 72.7 cm³/mol. The monoisotopic (exact) mass is 262 g/mol. The number of carbonyl (C=O) groups is 2.